The topological polar surface area (TPSA) is 35.9 Å². The fourth-order valence-electron chi connectivity index (χ4n) is 2.08. The lowest BCUT2D eigenvalue weighted by Crippen LogP contribution is -2.43. The van der Waals surface area contributed by atoms with Crippen LogP contribution in [-0.4, -0.2) is 29.2 Å². The van der Waals surface area contributed by atoms with Gasteiger partial charge in [0.15, 0.2) is 11.0 Å². The first-order valence-corrected chi connectivity index (χ1v) is 7.41. The lowest BCUT2D eigenvalue weighted by atomic mass is 10.3. The maximum Gasteiger partial charge on any atom is 0.218 e. The third-order valence-electron chi connectivity index (χ3n) is 3.01. The van der Waals surface area contributed by atoms with Gasteiger partial charge in [0.1, 0.15) is 0 Å². The predicted molar refractivity (Wildman–Crippen MR) is 82.6 cm³/mol. The molecule has 5 heteroatoms. The van der Waals surface area contributed by atoms with Crippen molar-refractivity contribution < 1.29 is 4.21 Å². The molecule has 20 heavy (non-hydrogen) atoms. The molecule has 1 heterocycles. The molecule has 0 fully saturated rings. The molecule has 0 aliphatic carbocycles. The molecule has 0 N–H and O–H groups in total. The monoisotopic (exact) mass is 285 g/mol. The van der Waals surface area contributed by atoms with Gasteiger partial charge in [0.05, 0.1) is 16.3 Å². The van der Waals surface area contributed by atoms with Crippen molar-refractivity contribution in [3.8, 4) is 0 Å². The Kier molecular flexibility index (Phi) is 3.28. The minimum atomic E-state index is -1.29. The first-order valence-electron chi connectivity index (χ1n) is 6.30. The average Bonchev–Trinajstić information content (AvgIpc) is 2.48. The molecular formula is C15H15N3OS. The summed E-state index contributed by atoms with van der Waals surface area (Å²) in [5, 5.41) is 0. The number of benzene rings is 2. The van der Waals surface area contributed by atoms with Gasteiger partial charge in [-0.15, -0.1) is 0 Å². The molecule has 0 saturated carbocycles. The van der Waals surface area contributed by atoms with Crippen LogP contribution >= 0.6 is 0 Å². The number of anilines is 1. The van der Waals surface area contributed by atoms with Crippen molar-refractivity contribution in [2.45, 2.75) is 4.90 Å². The Morgan fingerprint density at radius 1 is 1.00 bits per heavy atom. The Hall–Kier alpha value is -2.14. The third-order valence-corrected chi connectivity index (χ3v) is 4.44. The molecule has 1 atom stereocenters. The summed E-state index contributed by atoms with van der Waals surface area (Å²) in [6.45, 7) is 0. The number of hydrogen-bond acceptors (Lipinski definition) is 3. The smallest absolute Gasteiger partial charge is 0.218 e. The van der Waals surface area contributed by atoms with Crippen LogP contribution in [0.15, 0.2) is 64.5 Å². The molecule has 0 bridgehead atoms. The van der Waals surface area contributed by atoms with Crippen molar-refractivity contribution in [2.75, 3.05) is 18.4 Å². The van der Waals surface area contributed by atoms with E-state index in [9.17, 15) is 4.21 Å². The summed E-state index contributed by atoms with van der Waals surface area (Å²) in [6, 6.07) is 17.2. The van der Waals surface area contributed by atoms with E-state index in [1.165, 1.54) is 0 Å². The van der Waals surface area contributed by atoms with Crippen LogP contribution in [0.4, 0.5) is 11.4 Å². The van der Waals surface area contributed by atoms with Gasteiger partial charge in [-0.2, -0.15) is 0 Å². The Bertz CT molecular complexity index is 683. The highest BCUT2D eigenvalue weighted by atomic mass is 32.2. The van der Waals surface area contributed by atoms with Crippen LogP contribution in [0.2, 0.25) is 0 Å². The van der Waals surface area contributed by atoms with Gasteiger partial charge in [-0.3, -0.25) is 0 Å². The molecule has 4 nitrogen and oxygen atoms in total. The van der Waals surface area contributed by atoms with E-state index in [0.717, 1.165) is 16.3 Å². The van der Waals surface area contributed by atoms with Gasteiger partial charge in [-0.05, 0) is 24.3 Å². The quantitative estimate of drug-likeness (QED) is 0.807. The molecule has 0 saturated heterocycles. The van der Waals surface area contributed by atoms with Crippen LogP contribution in [0, 0.1) is 0 Å². The molecule has 1 aliphatic heterocycles. The molecule has 3 rings (SSSR count). The SMILES string of the molecule is CN(C)C1=Nc2ccccc2S(=O)N1c1ccccc1. The fourth-order valence-corrected chi connectivity index (χ4v) is 3.43. The van der Waals surface area contributed by atoms with Crippen LogP contribution in [-0.2, 0) is 11.0 Å². The van der Waals surface area contributed by atoms with E-state index in [2.05, 4.69) is 4.99 Å². The van der Waals surface area contributed by atoms with Crippen LogP contribution in [0.3, 0.4) is 0 Å². The van der Waals surface area contributed by atoms with E-state index in [0.29, 0.717) is 5.96 Å². The highest BCUT2D eigenvalue weighted by Crippen LogP contribution is 2.32. The van der Waals surface area contributed by atoms with Crippen LogP contribution in [0.5, 0.6) is 0 Å². The van der Waals surface area contributed by atoms with E-state index in [4.69, 9.17) is 0 Å². The van der Waals surface area contributed by atoms with E-state index < -0.39 is 11.0 Å². The number of fused-ring (bicyclic) bond motifs is 1. The first kappa shape index (κ1) is 12.9. The molecule has 0 radical (unpaired) electrons. The van der Waals surface area contributed by atoms with E-state index in [1.807, 2.05) is 73.6 Å². The van der Waals surface area contributed by atoms with Crippen molar-refractivity contribution in [2.24, 2.45) is 4.99 Å². The summed E-state index contributed by atoms with van der Waals surface area (Å²) in [4.78, 5) is 7.24. The van der Waals surface area contributed by atoms with Gasteiger partial charge < -0.3 is 4.90 Å². The Morgan fingerprint density at radius 2 is 1.65 bits per heavy atom. The number of rotatable bonds is 1. The summed E-state index contributed by atoms with van der Waals surface area (Å²) in [5.41, 5.74) is 1.63. The fraction of sp³-hybridized carbons (Fsp3) is 0.133. The van der Waals surface area contributed by atoms with Crippen molar-refractivity contribution in [3.63, 3.8) is 0 Å². The Labute approximate surface area is 121 Å². The summed E-state index contributed by atoms with van der Waals surface area (Å²) in [5.74, 6) is 0.674. The van der Waals surface area contributed by atoms with Crippen LogP contribution in [0.25, 0.3) is 0 Å². The maximum absolute atomic E-state index is 12.9. The highest BCUT2D eigenvalue weighted by Gasteiger charge is 2.29. The zero-order valence-electron chi connectivity index (χ0n) is 11.4. The molecule has 1 unspecified atom stereocenters. The maximum atomic E-state index is 12.9. The summed E-state index contributed by atoms with van der Waals surface area (Å²) in [6.07, 6.45) is 0. The minimum absolute atomic E-state index is 0.674. The van der Waals surface area contributed by atoms with Gasteiger partial charge in [0.25, 0.3) is 0 Å². The number of guanidine groups is 1. The van der Waals surface area contributed by atoms with Crippen molar-refractivity contribution in [1.82, 2.24) is 4.90 Å². The van der Waals surface area contributed by atoms with Crippen molar-refractivity contribution >= 4 is 28.3 Å². The average molecular weight is 285 g/mol. The molecule has 2 aromatic carbocycles. The largest absolute Gasteiger partial charge is 0.348 e. The standard InChI is InChI=1S/C15H15N3OS/c1-17(2)15-16-13-10-6-7-11-14(13)20(19)18(15)12-8-4-3-5-9-12/h3-11H,1-2H3. The van der Waals surface area contributed by atoms with E-state index >= 15 is 0 Å². The van der Waals surface area contributed by atoms with Gasteiger partial charge in [-0.1, -0.05) is 30.3 Å². The van der Waals surface area contributed by atoms with E-state index in [-0.39, 0.29) is 0 Å². The molecular weight excluding hydrogens is 270 g/mol. The zero-order valence-corrected chi connectivity index (χ0v) is 12.2. The molecule has 102 valence electrons. The van der Waals surface area contributed by atoms with Gasteiger partial charge in [-0.25, -0.2) is 13.5 Å². The summed E-state index contributed by atoms with van der Waals surface area (Å²) in [7, 11) is 2.51. The second-order valence-electron chi connectivity index (χ2n) is 4.65. The lowest BCUT2D eigenvalue weighted by Gasteiger charge is -2.32. The third kappa shape index (κ3) is 2.10. The Balaban J connectivity index is 2.18. The second-order valence-corrected chi connectivity index (χ2v) is 5.96. The van der Waals surface area contributed by atoms with Gasteiger partial charge in [0, 0.05) is 14.1 Å². The van der Waals surface area contributed by atoms with Gasteiger partial charge in [0.2, 0.25) is 5.96 Å². The van der Waals surface area contributed by atoms with Crippen molar-refractivity contribution in [1.29, 1.82) is 0 Å². The summed E-state index contributed by atoms with van der Waals surface area (Å²) >= 11 is 0. The predicted octanol–water partition coefficient (Wildman–Crippen LogP) is 2.78. The molecule has 1 aliphatic rings. The minimum Gasteiger partial charge on any atom is -0.348 e. The molecule has 0 aromatic heterocycles. The van der Waals surface area contributed by atoms with Crippen molar-refractivity contribution in [3.05, 3.63) is 54.6 Å². The van der Waals surface area contributed by atoms with E-state index in [1.54, 1.807) is 4.31 Å². The van der Waals surface area contributed by atoms with Crippen LogP contribution in [0.1, 0.15) is 0 Å². The lowest BCUT2D eigenvalue weighted by molar-refractivity contribution is 0.610. The number of para-hydroxylation sites is 2. The van der Waals surface area contributed by atoms with Crippen LogP contribution < -0.4 is 4.31 Å². The second kappa shape index (κ2) is 5.09. The highest BCUT2D eigenvalue weighted by molar-refractivity contribution is 7.87. The normalized spacial score (nSPS) is 17.4. The Morgan fingerprint density at radius 3 is 2.35 bits per heavy atom. The van der Waals surface area contributed by atoms with Gasteiger partial charge >= 0.3 is 0 Å². The number of hydrogen-bond donors (Lipinski definition) is 0. The molecule has 0 amide bonds. The zero-order chi connectivity index (χ0) is 14.1. The molecule has 2 aromatic rings. The first-order chi connectivity index (χ1) is 9.68. The number of nitrogens with zero attached hydrogens (tertiary/aromatic N) is 3. The molecule has 0 spiro atoms. The summed E-state index contributed by atoms with van der Waals surface area (Å²) < 4.78 is 14.6. The number of aliphatic imine (C=N–C) groups is 1.